The maximum atomic E-state index is 13.9. The molecule has 2 atom stereocenters. The highest BCUT2D eigenvalue weighted by molar-refractivity contribution is 9.10. The third-order valence-electron chi connectivity index (χ3n) is 7.06. The Morgan fingerprint density at radius 2 is 1.83 bits per heavy atom. The van der Waals surface area contributed by atoms with Gasteiger partial charge in [0.1, 0.15) is 18.3 Å². The van der Waals surface area contributed by atoms with Crippen molar-refractivity contribution < 1.29 is 14.3 Å². The Labute approximate surface area is 211 Å². The molecule has 6 nitrogen and oxygen atoms in total. The predicted molar refractivity (Wildman–Crippen MR) is 137 cm³/mol. The number of carbonyl (C=O) groups excluding carboxylic acids is 2. The van der Waals surface area contributed by atoms with Gasteiger partial charge in [0.2, 0.25) is 11.8 Å². The molecule has 0 bridgehead atoms. The minimum atomic E-state index is -0.568. The van der Waals surface area contributed by atoms with Gasteiger partial charge in [0.25, 0.3) is 0 Å². The Hall–Kier alpha value is -3.58. The number of piperazine rings is 1. The van der Waals surface area contributed by atoms with E-state index >= 15 is 0 Å². The van der Waals surface area contributed by atoms with Crippen molar-refractivity contribution in [2.45, 2.75) is 25.0 Å². The molecule has 2 amide bonds. The van der Waals surface area contributed by atoms with E-state index in [1.807, 2.05) is 66.7 Å². The molecule has 1 fully saturated rings. The number of para-hydroxylation sites is 2. The average molecular weight is 530 g/mol. The quantitative estimate of drug-likeness (QED) is 0.412. The first-order valence-corrected chi connectivity index (χ1v) is 12.4. The molecule has 0 aliphatic carbocycles. The van der Waals surface area contributed by atoms with Gasteiger partial charge in [0, 0.05) is 39.6 Å². The van der Waals surface area contributed by atoms with Crippen LogP contribution in [0, 0.1) is 0 Å². The third-order valence-corrected chi connectivity index (χ3v) is 7.55. The first kappa shape index (κ1) is 21.9. The number of hydrogen-bond acceptors (Lipinski definition) is 3. The highest BCUT2D eigenvalue weighted by Crippen LogP contribution is 2.43. The Morgan fingerprint density at radius 3 is 2.66 bits per heavy atom. The zero-order chi connectivity index (χ0) is 24.1. The van der Waals surface area contributed by atoms with Gasteiger partial charge in [-0.25, -0.2) is 0 Å². The molecule has 0 spiro atoms. The van der Waals surface area contributed by atoms with Crippen molar-refractivity contribution in [3.05, 3.63) is 99.7 Å². The molecule has 4 aromatic rings. The Bertz CT molecular complexity index is 1460. The number of nitrogens with zero attached hydrogens (tertiary/aromatic N) is 2. The summed E-state index contributed by atoms with van der Waals surface area (Å²) in [4.78, 5) is 34.6. The highest BCUT2D eigenvalue weighted by Gasteiger charge is 2.48. The first-order valence-electron chi connectivity index (χ1n) is 11.6. The molecular formula is C28H24BrN3O3. The fourth-order valence-corrected chi connectivity index (χ4v) is 5.94. The van der Waals surface area contributed by atoms with Gasteiger partial charge in [-0.15, -0.1) is 0 Å². The minimum Gasteiger partial charge on any atom is -0.496 e. The van der Waals surface area contributed by atoms with Crippen LogP contribution < -0.4 is 4.74 Å². The first-order chi connectivity index (χ1) is 17.0. The van der Waals surface area contributed by atoms with Crippen LogP contribution in [-0.4, -0.2) is 46.3 Å². The van der Waals surface area contributed by atoms with Gasteiger partial charge in [0.15, 0.2) is 0 Å². The second kappa shape index (κ2) is 8.57. The van der Waals surface area contributed by atoms with E-state index in [4.69, 9.17) is 4.74 Å². The van der Waals surface area contributed by atoms with Crippen molar-refractivity contribution in [2.75, 3.05) is 13.7 Å². The largest absolute Gasteiger partial charge is 0.496 e. The number of aromatic amines is 1. The van der Waals surface area contributed by atoms with E-state index in [1.54, 1.807) is 16.9 Å². The van der Waals surface area contributed by atoms with E-state index in [0.717, 1.165) is 37.8 Å². The summed E-state index contributed by atoms with van der Waals surface area (Å²) in [5.41, 5.74) is 4.96. The van der Waals surface area contributed by atoms with Crippen LogP contribution in [0.25, 0.3) is 10.9 Å². The molecule has 1 saturated heterocycles. The maximum absolute atomic E-state index is 13.9. The summed E-state index contributed by atoms with van der Waals surface area (Å²) in [6.45, 7) is 0.370. The number of rotatable bonds is 4. The fraction of sp³-hybridized carbons (Fsp3) is 0.214. The van der Waals surface area contributed by atoms with Gasteiger partial charge in [-0.1, -0.05) is 64.5 Å². The molecule has 1 aromatic heterocycles. The van der Waals surface area contributed by atoms with Gasteiger partial charge in [0.05, 0.1) is 13.2 Å². The SMILES string of the molecule is COc1ccccc1CN1CC(=O)N2[C@@H](c3cccc(Br)c3)c3[nH]c4ccccc4c3C[C@H]2C1=O. The summed E-state index contributed by atoms with van der Waals surface area (Å²) in [6.07, 6.45) is 0.483. The van der Waals surface area contributed by atoms with Gasteiger partial charge in [-0.2, -0.15) is 0 Å². The molecular weight excluding hydrogens is 506 g/mol. The number of nitrogens with one attached hydrogen (secondary N) is 1. The number of H-pyrrole nitrogens is 1. The normalized spacial score (nSPS) is 19.6. The number of halogens is 1. The van der Waals surface area contributed by atoms with Crippen molar-refractivity contribution in [2.24, 2.45) is 0 Å². The molecule has 176 valence electrons. The molecule has 0 saturated carbocycles. The number of amides is 2. The van der Waals surface area contributed by atoms with Crippen LogP contribution >= 0.6 is 15.9 Å². The van der Waals surface area contributed by atoms with Crippen molar-refractivity contribution in [3.8, 4) is 5.75 Å². The lowest BCUT2D eigenvalue weighted by Crippen LogP contribution is -2.62. The molecule has 3 aromatic carbocycles. The van der Waals surface area contributed by atoms with Crippen molar-refractivity contribution in [3.63, 3.8) is 0 Å². The van der Waals surface area contributed by atoms with Crippen molar-refractivity contribution >= 4 is 38.6 Å². The molecule has 35 heavy (non-hydrogen) atoms. The van der Waals surface area contributed by atoms with Crippen LogP contribution in [0.4, 0.5) is 0 Å². The van der Waals surface area contributed by atoms with Crippen LogP contribution in [0.5, 0.6) is 5.75 Å². The predicted octanol–water partition coefficient (Wildman–Crippen LogP) is 4.82. The molecule has 0 unspecified atom stereocenters. The average Bonchev–Trinajstić information content (AvgIpc) is 3.24. The monoisotopic (exact) mass is 529 g/mol. The summed E-state index contributed by atoms with van der Waals surface area (Å²) >= 11 is 3.58. The molecule has 2 aliphatic heterocycles. The summed E-state index contributed by atoms with van der Waals surface area (Å²) in [5, 5.41) is 1.10. The fourth-order valence-electron chi connectivity index (χ4n) is 5.52. The molecule has 3 heterocycles. The lowest BCUT2D eigenvalue weighted by atomic mass is 9.86. The number of methoxy groups -OCH3 is 1. The number of aromatic nitrogens is 1. The highest BCUT2D eigenvalue weighted by atomic mass is 79.9. The van der Waals surface area contributed by atoms with Crippen LogP contribution in [0.1, 0.15) is 28.4 Å². The number of hydrogen-bond donors (Lipinski definition) is 1. The topological polar surface area (TPSA) is 65.6 Å². The Morgan fingerprint density at radius 1 is 1.03 bits per heavy atom. The van der Waals surface area contributed by atoms with E-state index in [1.165, 1.54) is 0 Å². The Kier molecular flexibility index (Phi) is 5.37. The standard InChI is InChI=1S/C28H24BrN3O3/c1-35-24-12-5-2-7-18(24)15-31-16-25(33)32-23(28(31)34)14-21-20-10-3-4-11-22(20)30-26(21)27(32)17-8-6-9-19(29)13-17/h2-13,23,27,30H,14-16H2,1H3/t23-,27-/m0/s1. The number of carbonyl (C=O) groups is 2. The lowest BCUT2D eigenvalue weighted by molar-refractivity contribution is -0.159. The van der Waals surface area contributed by atoms with Crippen LogP contribution in [0.3, 0.4) is 0 Å². The van der Waals surface area contributed by atoms with E-state index in [-0.39, 0.29) is 24.4 Å². The molecule has 6 rings (SSSR count). The number of ether oxygens (including phenoxy) is 1. The smallest absolute Gasteiger partial charge is 0.246 e. The zero-order valence-corrected chi connectivity index (χ0v) is 20.8. The lowest BCUT2D eigenvalue weighted by Gasteiger charge is -2.47. The molecule has 2 aliphatic rings. The summed E-state index contributed by atoms with van der Waals surface area (Å²) in [5.74, 6) is 0.620. The van der Waals surface area contributed by atoms with Gasteiger partial charge >= 0.3 is 0 Å². The number of fused-ring (bicyclic) bond motifs is 4. The van der Waals surface area contributed by atoms with Crippen molar-refractivity contribution in [1.82, 2.24) is 14.8 Å². The van der Waals surface area contributed by atoms with E-state index in [2.05, 4.69) is 27.0 Å². The van der Waals surface area contributed by atoms with E-state index < -0.39 is 6.04 Å². The van der Waals surface area contributed by atoms with Crippen LogP contribution in [0.2, 0.25) is 0 Å². The van der Waals surface area contributed by atoms with Gasteiger partial charge in [-0.05, 0) is 35.4 Å². The van der Waals surface area contributed by atoms with Crippen LogP contribution in [0.15, 0.2) is 77.3 Å². The summed E-state index contributed by atoms with van der Waals surface area (Å²) < 4.78 is 6.42. The van der Waals surface area contributed by atoms with Gasteiger partial charge < -0.3 is 19.5 Å². The van der Waals surface area contributed by atoms with E-state index in [9.17, 15) is 9.59 Å². The summed E-state index contributed by atoms with van der Waals surface area (Å²) in [6, 6.07) is 22.8. The Balaban J connectivity index is 1.45. The maximum Gasteiger partial charge on any atom is 0.246 e. The van der Waals surface area contributed by atoms with Crippen LogP contribution in [-0.2, 0) is 22.6 Å². The second-order valence-corrected chi connectivity index (χ2v) is 9.96. The minimum absolute atomic E-state index is 0.0352. The third kappa shape index (κ3) is 3.62. The summed E-state index contributed by atoms with van der Waals surface area (Å²) in [7, 11) is 1.62. The molecule has 0 radical (unpaired) electrons. The molecule has 7 heteroatoms. The van der Waals surface area contributed by atoms with Crippen molar-refractivity contribution in [1.29, 1.82) is 0 Å². The van der Waals surface area contributed by atoms with Gasteiger partial charge in [-0.3, -0.25) is 9.59 Å². The number of benzene rings is 3. The zero-order valence-electron chi connectivity index (χ0n) is 19.2. The second-order valence-electron chi connectivity index (χ2n) is 9.05. The molecule has 1 N–H and O–H groups in total. The van der Waals surface area contributed by atoms with E-state index in [0.29, 0.717) is 18.7 Å².